The minimum Gasteiger partial charge on any atom is -0.360 e. The number of fused-ring (bicyclic) bond motifs is 1. The molecule has 2 saturated heterocycles. The zero-order valence-electron chi connectivity index (χ0n) is 12.3. The summed E-state index contributed by atoms with van der Waals surface area (Å²) in [6.07, 6.45) is 8.87. The second kappa shape index (κ2) is 4.34. The van der Waals surface area contributed by atoms with Gasteiger partial charge in [-0.1, -0.05) is 5.16 Å². The molecule has 5 aliphatic rings. The third-order valence-electron chi connectivity index (χ3n) is 6.09. The minimum absolute atomic E-state index is 0.115. The fraction of sp³-hybridized carbons (Fsp3) is 0.765. The van der Waals surface area contributed by atoms with Crippen molar-refractivity contribution >= 4 is 5.91 Å². The summed E-state index contributed by atoms with van der Waals surface area (Å²) in [4.78, 5) is 15.0. The van der Waals surface area contributed by atoms with E-state index in [9.17, 15) is 4.79 Å². The van der Waals surface area contributed by atoms with E-state index >= 15 is 0 Å². The Morgan fingerprint density at radius 1 is 1.10 bits per heavy atom. The van der Waals surface area contributed by atoms with Crippen LogP contribution < -0.4 is 0 Å². The zero-order valence-corrected chi connectivity index (χ0v) is 12.3. The standard InChI is InChI=1S/C17H22N2O2/c20-17(15-8-16(21-18-15)13-1-2-13)19-9-12-4-10-3-11(5-12)7-14(19)6-10/h8,10-14H,1-7,9H2. The molecular weight excluding hydrogens is 264 g/mol. The maximum atomic E-state index is 12.9. The molecule has 1 aromatic rings. The van der Waals surface area contributed by atoms with Crippen LogP contribution in [0.2, 0.25) is 0 Å². The van der Waals surface area contributed by atoms with Crippen LogP contribution in [0, 0.1) is 17.8 Å². The van der Waals surface area contributed by atoms with Crippen molar-refractivity contribution in [2.24, 2.45) is 17.8 Å². The Morgan fingerprint density at radius 2 is 1.81 bits per heavy atom. The van der Waals surface area contributed by atoms with Crippen LogP contribution in [0.15, 0.2) is 10.6 Å². The Labute approximate surface area is 124 Å². The molecule has 0 radical (unpaired) electrons. The molecule has 1 aromatic heterocycles. The molecule has 4 bridgehead atoms. The highest BCUT2D eigenvalue weighted by molar-refractivity contribution is 5.92. The van der Waals surface area contributed by atoms with Crippen molar-refractivity contribution in [3.8, 4) is 0 Å². The summed E-state index contributed by atoms with van der Waals surface area (Å²) in [5.74, 6) is 4.01. The SMILES string of the molecule is O=C(c1cc(C2CC2)on1)N1CC2CC3CC(C2)CC1C3. The summed E-state index contributed by atoms with van der Waals surface area (Å²) in [5.41, 5.74) is 0.540. The molecule has 4 nitrogen and oxygen atoms in total. The fourth-order valence-electron chi connectivity index (χ4n) is 5.13. The number of nitrogens with zero attached hydrogens (tertiary/aromatic N) is 2. The number of rotatable bonds is 2. The van der Waals surface area contributed by atoms with Crippen molar-refractivity contribution in [1.82, 2.24) is 10.1 Å². The van der Waals surface area contributed by atoms with Crippen LogP contribution in [0.1, 0.15) is 67.1 Å². The van der Waals surface area contributed by atoms with E-state index in [4.69, 9.17) is 4.52 Å². The molecule has 4 heteroatoms. The first kappa shape index (κ1) is 12.2. The Balaban J connectivity index is 1.41. The van der Waals surface area contributed by atoms with E-state index in [0.717, 1.165) is 30.1 Å². The van der Waals surface area contributed by atoms with E-state index in [0.29, 0.717) is 17.7 Å². The van der Waals surface area contributed by atoms with Gasteiger partial charge in [0.1, 0.15) is 5.76 Å². The van der Waals surface area contributed by atoms with Crippen LogP contribution in [0.3, 0.4) is 0 Å². The first-order valence-corrected chi connectivity index (χ1v) is 8.54. The molecule has 112 valence electrons. The van der Waals surface area contributed by atoms with Crippen molar-refractivity contribution in [3.63, 3.8) is 0 Å². The monoisotopic (exact) mass is 286 g/mol. The number of amides is 1. The molecule has 6 rings (SSSR count). The average molecular weight is 286 g/mol. The van der Waals surface area contributed by atoms with Crippen LogP contribution in [-0.2, 0) is 0 Å². The van der Waals surface area contributed by atoms with E-state index < -0.39 is 0 Å². The molecule has 0 aromatic carbocycles. The van der Waals surface area contributed by atoms with E-state index in [-0.39, 0.29) is 5.91 Å². The van der Waals surface area contributed by atoms with Gasteiger partial charge in [-0.2, -0.15) is 0 Å². The fourth-order valence-corrected chi connectivity index (χ4v) is 5.13. The molecule has 1 amide bonds. The second-order valence-corrected chi connectivity index (χ2v) is 7.78. The van der Waals surface area contributed by atoms with Crippen LogP contribution in [0.4, 0.5) is 0 Å². The first-order valence-electron chi connectivity index (χ1n) is 8.54. The summed E-state index contributed by atoms with van der Waals surface area (Å²) >= 11 is 0. The van der Waals surface area contributed by atoms with Gasteiger partial charge in [-0.15, -0.1) is 0 Å². The highest BCUT2D eigenvalue weighted by atomic mass is 16.5. The van der Waals surface area contributed by atoms with Gasteiger partial charge in [0.2, 0.25) is 0 Å². The molecule has 3 aliphatic carbocycles. The molecular formula is C17H22N2O2. The summed E-state index contributed by atoms with van der Waals surface area (Å²) in [5, 5.41) is 4.06. The largest absolute Gasteiger partial charge is 0.360 e. The van der Waals surface area contributed by atoms with Crippen LogP contribution in [0.25, 0.3) is 0 Å². The Bertz CT molecular complexity index is 563. The van der Waals surface area contributed by atoms with Crippen LogP contribution in [-0.4, -0.2) is 28.6 Å². The van der Waals surface area contributed by atoms with Gasteiger partial charge < -0.3 is 9.42 Å². The van der Waals surface area contributed by atoms with Gasteiger partial charge in [0.25, 0.3) is 5.91 Å². The summed E-state index contributed by atoms with van der Waals surface area (Å²) < 4.78 is 5.38. The van der Waals surface area contributed by atoms with Crippen LogP contribution >= 0.6 is 0 Å². The van der Waals surface area contributed by atoms with E-state index in [1.54, 1.807) is 0 Å². The van der Waals surface area contributed by atoms with Crippen molar-refractivity contribution in [2.45, 2.75) is 56.9 Å². The van der Waals surface area contributed by atoms with Crippen molar-refractivity contribution in [1.29, 1.82) is 0 Å². The third-order valence-corrected chi connectivity index (χ3v) is 6.09. The lowest BCUT2D eigenvalue weighted by atomic mass is 9.68. The molecule has 3 saturated carbocycles. The maximum Gasteiger partial charge on any atom is 0.276 e. The van der Waals surface area contributed by atoms with Gasteiger partial charge in [-0.3, -0.25) is 4.79 Å². The highest BCUT2D eigenvalue weighted by Gasteiger charge is 2.44. The lowest BCUT2D eigenvalue weighted by molar-refractivity contribution is 0.0622. The van der Waals surface area contributed by atoms with E-state index in [2.05, 4.69) is 10.1 Å². The summed E-state index contributed by atoms with van der Waals surface area (Å²) in [6, 6.07) is 2.35. The Morgan fingerprint density at radius 3 is 2.52 bits per heavy atom. The molecule has 2 aliphatic heterocycles. The topological polar surface area (TPSA) is 46.3 Å². The maximum absolute atomic E-state index is 12.9. The van der Waals surface area contributed by atoms with Crippen molar-refractivity contribution in [2.75, 3.05) is 6.54 Å². The molecule has 5 fully saturated rings. The summed E-state index contributed by atoms with van der Waals surface area (Å²) in [6.45, 7) is 0.947. The Kier molecular flexibility index (Phi) is 2.53. The summed E-state index contributed by atoms with van der Waals surface area (Å²) in [7, 11) is 0. The van der Waals surface area contributed by atoms with Crippen molar-refractivity contribution in [3.05, 3.63) is 17.5 Å². The lowest BCUT2D eigenvalue weighted by Crippen LogP contribution is -2.42. The molecule has 0 spiro atoms. The number of hydrogen-bond acceptors (Lipinski definition) is 3. The van der Waals surface area contributed by atoms with Gasteiger partial charge in [-0.05, 0) is 62.7 Å². The predicted molar refractivity (Wildman–Crippen MR) is 76.9 cm³/mol. The third kappa shape index (κ3) is 2.02. The second-order valence-electron chi connectivity index (χ2n) is 7.78. The zero-order chi connectivity index (χ0) is 14.0. The molecule has 21 heavy (non-hydrogen) atoms. The van der Waals surface area contributed by atoms with Crippen molar-refractivity contribution < 1.29 is 9.32 Å². The Hall–Kier alpha value is -1.32. The average Bonchev–Trinajstić information content (AvgIpc) is 3.23. The van der Waals surface area contributed by atoms with Gasteiger partial charge >= 0.3 is 0 Å². The van der Waals surface area contributed by atoms with Gasteiger partial charge in [0, 0.05) is 24.6 Å². The predicted octanol–water partition coefficient (Wildman–Crippen LogP) is 3.20. The molecule has 2 atom stereocenters. The first-order chi connectivity index (χ1) is 10.3. The van der Waals surface area contributed by atoms with Gasteiger partial charge in [-0.25, -0.2) is 0 Å². The smallest absolute Gasteiger partial charge is 0.276 e. The van der Waals surface area contributed by atoms with Gasteiger partial charge in [0.15, 0.2) is 5.69 Å². The highest BCUT2D eigenvalue weighted by Crippen LogP contribution is 2.48. The number of aromatic nitrogens is 1. The van der Waals surface area contributed by atoms with Crippen LogP contribution in [0.5, 0.6) is 0 Å². The van der Waals surface area contributed by atoms with Gasteiger partial charge in [0.05, 0.1) is 0 Å². The van der Waals surface area contributed by atoms with E-state index in [1.807, 2.05) is 6.07 Å². The van der Waals surface area contributed by atoms with E-state index in [1.165, 1.54) is 44.9 Å². The number of carbonyl (C=O) groups excluding carboxylic acids is 1. The molecule has 0 N–H and O–H groups in total. The normalized spacial score (nSPS) is 37.8. The lowest BCUT2D eigenvalue weighted by Gasteiger charge is -2.38. The quantitative estimate of drug-likeness (QED) is 0.838. The molecule has 2 unspecified atom stereocenters. The minimum atomic E-state index is 0.115. The molecule has 3 heterocycles. The number of carbonyl (C=O) groups is 1. The number of hydrogen-bond donors (Lipinski definition) is 0.